The monoisotopic (exact) mass is 532 g/mol. The van der Waals surface area contributed by atoms with Gasteiger partial charge in [0, 0.05) is 28.6 Å². The normalized spacial score (nSPS) is 11.7. The van der Waals surface area contributed by atoms with E-state index in [1.165, 1.54) is 23.7 Å². The fraction of sp³-hybridized carbons (Fsp3) is 0.241. The largest absolute Gasteiger partial charge is 0.480 e. The van der Waals surface area contributed by atoms with Crippen LogP contribution in [0.2, 0.25) is 0 Å². The molecule has 3 N–H and O–H groups in total. The molecule has 38 heavy (non-hydrogen) atoms. The predicted octanol–water partition coefficient (Wildman–Crippen LogP) is 5.56. The maximum Gasteiger partial charge on any atom is 0.326 e. The molecule has 1 unspecified atom stereocenters. The Morgan fingerprint density at radius 1 is 1.08 bits per heavy atom. The number of carboxylic acids is 1. The number of benzene rings is 2. The topological polar surface area (TPSA) is 104 Å². The molecule has 0 aliphatic rings. The highest BCUT2D eigenvalue weighted by atomic mass is 32.1. The Balaban J connectivity index is 1.41. The molecule has 4 aromatic rings. The van der Waals surface area contributed by atoms with Crippen molar-refractivity contribution in [2.75, 3.05) is 5.32 Å². The van der Waals surface area contributed by atoms with Crippen LogP contribution in [-0.4, -0.2) is 32.4 Å². The summed E-state index contributed by atoms with van der Waals surface area (Å²) in [4.78, 5) is 30.3. The van der Waals surface area contributed by atoms with E-state index in [1.807, 2.05) is 56.3 Å². The number of halogens is 1. The van der Waals surface area contributed by atoms with Crippen LogP contribution in [0.15, 0.2) is 60.8 Å². The van der Waals surface area contributed by atoms with Gasteiger partial charge in [-0.05, 0) is 84.4 Å². The number of aryl methyl sites for hydroxylation is 3. The van der Waals surface area contributed by atoms with Gasteiger partial charge in [-0.2, -0.15) is 4.37 Å². The maximum absolute atomic E-state index is 13.8. The van der Waals surface area contributed by atoms with Crippen LogP contribution in [0.1, 0.15) is 44.4 Å². The lowest BCUT2D eigenvalue weighted by Gasteiger charge is -2.17. The van der Waals surface area contributed by atoms with Crippen LogP contribution in [-0.2, 0) is 24.2 Å². The first-order valence-corrected chi connectivity index (χ1v) is 13.0. The number of amides is 1. The van der Waals surface area contributed by atoms with E-state index in [1.54, 1.807) is 13.1 Å². The summed E-state index contributed by atoms with van der Waals surface area (Å²) in [5.41, 5.74) is 4.97. The van der Waals surface area contributed by atoms with Crippen LogP contribution < -0.4 is 10.6 Å². The summed E-state index contributed by atoms with van der Waals surface area (Å²) in [7, 11) is 0. The van der Waals surface area contributed by atoms with Crippen molar-refractivity contribution < 1.29 is 19.1 Å². The molecule has 0 aliphatic heterocycles. The lowest BCUT2D eigenvalue weighted by molar-refractivity contribution is -0.139. The molecule has 0 saturated heterocycles. The number of carbonyl (C=O) groups is 2. The average Bonchev–Trinajstić information content (AvgIpc) is 3.36. The van der Waals surface area contributed by atoms with E-state index in [-0.39, 0.29) is 6.42 Å². The summed E-state index contributed by atoms with van der Waals surface area (Å²) < 4.78 is 18.3. The van der Waals surface area contributed by atoms with Crippen LogP contribution in [0.4, 0.5) is 10.2 Å². The Kier molecular flexibility index (Phi) is 8.48. The maximum atomic E-state index is 13.8. The second-order valence-corrected chi connectivity index (χ2v) is 10.0. The average molecular weight is 533 g/mol. The standard InChI is InChI=1S/C29H29FN4O3S/c1-4-20-14-22(30)12-18(3)27(20)28(35)33-25(29(36)37)13-19-5-7-21(8-6-19)24-15-23(38-34-24)16-32-26-11-17(2)9-10-31-26/h5-12,14-15,25H,4,13,16H2,1-3H3,(H,31,32)(H,33,35)(H,36,37). The summed E-state index contributed by atoms with van der Waals surface area (Å²) in [5.74, 6) is -1.27. The molecule has 1 atom stereocenters. The number of aliphatic carboxylic acids is 1. The first kappa shape index (κ1) is 26.9. The number of aromatic nitrogens is 2. The molecule has 0 radical (unpaired) electrons. The van der Waals surface area contributed by atoms with Crippen molar-refractivity contribution in [3.8, 4) is 11.3 Å². The molecule has 7 nitrogen and oxygen atoms in total. The van der Waals surface area contributed by atoms with Gasteiger partial charge in [-0.1, -0.05) is 31.2 Å². The minimum atomic E-state index is -1.14. The molecule has 0 fully saturated rings. The highest BCUT2D eigenvalue weighted by molar-refractivity contribution is 7.06. The van der Waals surface area contributed by atoms with Gasteiger partial charge in [-0.15, -0.1) is 0 Å². The Bertz CT molecular complexity index is 1450. The molecule has 2 aromatic carbocycles. The minimum absolute atomic E-state index is 0.110. The number of rotatable bonds is 10. The lowest BCUT2D eigenvalue weighted by Crippen LogP contribution is -2.42. The fourth-order valence-electron chi connectivity index (χ4n) is 4.24. The SMILES string of the molecule is CCc1cc(F)cc(C)c1C(=O)NC(Cc1ccc(-c2cc(CNc3cc(C)ccn3)sn2)cc1)C(=O)O. The number of hydrogen-bond acceptors (Lipinski definition) is 6. The van der Waals surface area contributed by atoms with Crippen LogP contribution in [0, 0.1) is 19.7 Å². The third-order valence-electron chi connectivity index (χ3n) is 6.20. The van der Waals surface area contributed by atoms with Gasteiger partial charge >= 0.3 is 5.97 Å². The summed E-state index contributed by atoms with van der Waals surface area (Å²) in [6.07, 6.45) is 2.33. The second-order valence-electron chi connectivity index (χ2n) is 9.13. The molecule has 2 heterocycles. The summed E-state index contributed by atoms with van der Waals surface area (Å²) in [6.45, 7) is 6.09. The van der Waals surface area contributed by atoms with E-state index in [2.05, 4.69) is 20.0 Å². The van der Waals surface area contributed by atoms with E-state index in [0.29, 0.717) is 29.7 Å². The molecular formula is C29H29FN4O3S. The predicted molar refractivity (Wildman–Crippen MR) is 147 cm³/mol. The summed E-state index contributed by atoms with van der Waals surface area (Å²) in [6, 6.07) is 14.9. The number of hydrogen-bond donors (Lipinski definition) is 3. The highest BCUT2D eigenvalue weighted by Crippen LogP contribution is 2.24. The van der Waals surface area contributed by atoms with Gasteiger partial charge in [0.1, 0.15) is 17.7 Å². The minimum Gasteiger partial charge on any atom is -0.480 e. The van der Waals surface area contributed by atoms with E-state index in [4.69, 9.17) is 0 Å². The molecule has 0 bridgehead atoms. The van der Waals surface area contributed by atoms with Gasteiger partial charge in [-0.25, -0.2) is 14.2 Å². The first-order valence-electron chi connectivity index (χ1n) is 12.3. The van der Waals surface area contributed by atoms with Crippen molar-refractivity contribution >= 4 is 29.2 Å². The van der Waals surface area contributed by atoms with E-state index in [9.17, 15) is 19.1 Å². The van der Waals surface area contributed by atoms with Crippen LogP contribution in [0.25, 0.3) is 11.3 Å². The molecule has 2 aromatic heterocycles. The fourth-order valence-corrected chi connectivity index (χ4v) is 4.91. The zero-order valence-corrected chi connectivity index (χ0v) is 22.2. The second kappa shape index (κ2) is 12.0. The molecule has 0 saturated carbocycles. The van der Waals surface area contributed by atoms with E-state index >= 15 is 0 Å². The van der Waals surface area contributed by atoms with Crippen molar-refractivity contribution in [3.63, 3.8) is 0 Å². The number of carbonyl (C=O) groups excluding carboxylic acids is 1. The van der Waals surface area contributed by atoms with Gasteiger partial charge in [0.2, 0.25) is 0 Å². The molecular weight excluding hydrogens is 503 g/mol. The van der Waals surface area contributed by atoms with Gasteiger partial charge in [0.15, 0.2) is 0 Å². The third kappa shape index (κ3) is 6.60. The zero-order chi connectivity index (χ0) is 27.2. The number of nitrogens with zero attached hydrogens (tertiary/aromatic N) is 2. The third-order valence-corrected chi connectivity index (χ3v) is 6.99. The Morgan fingerprint density at radius 3 is 2.53 bits per heavy atom. The van der Waals surface area contributed by atoms with Gasteiger partial charge in [0.25, 0.3) is 5.91 Å². The molecule has 4 rings (SSSR count). The first-order chi connectivity index (χ1) is 18.2. The lowest BCUT2D eigenvalue weighted by atomic mass is 9.98. The quantitative estimate of drug-likeness (QED) is 0.247. The Labute approximate surface area is 224 Å². The Morgan fingerprint density at radius 2 is 1.84 bits per heavy atom. The highest BCUT2D eigenvalue weighted by Gasteiger charge is 2.24. The number of pyridine rings is 1. The van der Waals surface area contributed by atoms with Crippen molar-refractivity contribution in [2.24, 2.45) is 0 Å². The molecule has 9 heteroatoms. The van der Waals surface area contributed by atoms with Crippen molar-refractivity contribution in [1.29, 1.82) is 0 Å². The molecule has 0 aliphatic carbocycles. The number of carboxylic acid groups (broad SMARTS) is 1. The zero-order valence-electron chi connectivity index (χ0n) is 21.4. The van der Waals surface area contributed by atoms with Gasteiger partial charge < -0.3 is 15.7 Å². The molecule has 1 amide bonds. The van der Waals surface area contributed by atoms with Crippen molar-refractivity contribution in [3.05, 3.63) is 99.3 Å². The van der Waals surface area contributed by atoms with Gasteiger partial charge in [-0.3, -0.25) is 4.79 Å². The van der Waals surface area contributed by atoms with Gasteiger partial charge in [0.05, 0.1) is 12.2 Å². The van der Waals surface area contributed by atoms with Crippen molar-refractivity contribution in [1.82, 2.24) is 14.7 Å². The van der Waals surface area contributed by atoms with E-state index in [0.717, 1.165) is 33.1 Å². The smallest absolute Gasteiger partial charge is 0.326 e. The number of nitrogens with one attached hydrogen (secondary N) is 2. The van der Waals surface area contributed by atoms with Crippen LogP contribution in [0.5, 0.6) is 0 Å². The summed E-state index contributed by atoms with van der Waals surface area (Å²) in [5, 5.41) is 15.7. The summed E-state index contributed by atoms with van der Waals surface area (Å²) >= 11 is 1.41. The number of anilines is 1. The van der Waals surface area contributed by atoms with Crippen molar-refractivity contribution in [2.45, 2.75) is 46.2 Å². The molecule has 0 spiro atoms. The van der Waals surface area contributed by atoms with Crippen LogP contribution in [0.3, 0.4) is 0 Å². The molecule has 196 valence electrons. The Hall–Kier alpha value is -4.11. The van der Waals surface area contributed by atoms with Crippen LogP contribution >= 0.6 is 11.5 Å². The van der Waals surface area contributed by atoms with E-state index < -0.39 is 23.7 Å².